The van der Waals surface area contributed by atoms with Crippen LogP contribution in [0.5, 0.6) is 5.75 Å². The Morgan fingerprint density at radius 2 is 2.09 bits per heavy atom. The van der Waals surface area contributed by atoms with Crippen LogP contribution < -0.4 is 4.74 Å². The van der Waals surface area contributed by atoms with Crippen LogP contribution in [0.15, 0.2) is 46.2 Å². The molecule has 0 spiro atoms. The lowest BCUT2D eigenvalue weighted by Gasteiger charge is -2.06. The molecule has 0 bridgehead atoms. The second kappa shape index (κ2) is 6.62. The number of hydrogen-bond donors (Lipinski definition) is 0. The van der Waals surface area contributed by atoms with Crippen molar-refractivity contribution in [2.45, 2.75) is 20.4 Å². The van der Waals surface area contributed by atoms with Gasteiger partial charge in [0.25, 0.3) is 0 Å². The molecule has 2 heterocycles. The summed E-state index contributed by atoms with van der Waals surface area (Å²) < 4.78 is 6.56. The average Bonchev–Trinajstić information content (AvgIpc) is 2.92. The van der Waals surface area contributed by atoms with Crippen molar-refractivity contribution in [2.75, 3.05) is 6.61 Å². The molecule has 0 aliphatic rings. The average molecular weight is 312 g/mol. The molecule has 3 aromatic rings. The van der Waals surface area contributed by atoms with E-state index in [0.717, 1.165) is 27.1 Å². The van der Waals surface area contributed by atoms with Gasteiger partial charge in [0.2, 0.25) is 0 Å². The van der Waals surface area contributed by atoms with E-state index in [1.54, 1.807) is 11.3 Å². The summed E-state index contributed by atoms with van der Waals surface area (Å²) in [5.41, 5.74) is 3.10. The summed E-state index contributed by atoms with van der Waals surface area (Å²) in [6, 6.07) is 7.86. The highest BCUT2D eigenvalue weighted by Gasteiger charge is 2.07. The number of para-hydroxylation sites is 1. The first-order valence-corrected chi connectivity index (χ1v) is 7.94. The van der Waals surface area contributed by atoms with Gasteiger partial charge in [-0.3, -0.25) is 0 Å². The highest BCUT2D eigenvalue weighted by Crippen LogP contribution is 2.30. The largest absolute Gasteiger partial charge is 0.494 e. The predicted molar refractivity (Wildman–Crippen MR) is 88.0 cm³/mol. The van der Waals surface area contributed by atoms with E-state index in [1.807, 2.05) is 38.1 Å². The minimum atomic E-state index is 0.464. The Hall–Kier alpha value is -2.34. The van der Waals surface area contributed by atoms with E-state index in [0.29, 0.717) is 19.0 Å². The fourth-order valence-electron chi connectivity index (χ4n) is 2.14. The number of fused-ring (bicyclic) bond motifs is 1. The van der Waals surface area contributed by atoms with Gasteiger partial charge in [0.15, 0.2) is 5.82 Å². The number of rotatable bonds is 5. The molecule has 0 saturated heterocycles. The minimum Gasteiger partial charge on any atom is -0.494 e. The zero-order valence-corrected chi connectivity index (χ0v) is 13.3. The summed E-state index contributed by atoms with van der Waals surface area (Å²) in [6.45, 7) is 5.10. The molecule has 112 valence electrons. The van der Waals surface area contributed by atoms with Gasteiger partial charge in [-0.25, -0.2) is 9.97 Å². The molecule has 0 unspecified atom stereocenters. The molecule has 3 rings (SSSR count). The molecule has 2 aromatic heterocycles. The maximum absolute atomic E-state index is 5.59. The van der Waals surface area contributed by atoms with Crippen molar-refractivity contribution in [1.29, 1.82) is 0 Å². The summed E-state index contributed by atoms with van der Waals surface area (Å²) in [6.07, 6.45) is 1.53. The van der Waals surface area contributed by atoms with Crippen LogP contribution >= 0.6 is 11.3 Å². The van der Waals surface area contributed by atoms with E-state index < -0.39 is 0 Å². The molecule has 0 atom stereocenters. The van der Waals surface area contributed by atoms with E-state index in [-0.39, 0.29) is 0 Å². The molecular weight excluding hydrogens is 296 g/mol. The second-order valence-corrected chi connectivity index (χ2v) is 5.61. The van der Waals surface area contributed by atoms with Gasteiger partial charge in [0.1, 0.15) is 12.1 Å². The Bertz CT molecular complexity index is 813. The standard InChI is InChI=1S/C16H16N4OS/c1-3-21-13-7-5-4-6-12(13)8-19-20-16-15-14(17-10-18-16)11(2)9-22-15/h4-7,9-10H,3,8H2,1-2H3. The number of nitrogens with zero attached hydrogens (tertiary/aromatic N) is 4. The molecule has 0 fully saturated rings. The molecule has 0 amide bonds. The lowest BCUT2D eigenvalue weighted by molar-refractivity contribution is 0.336. The number of azo groups is 1. The highest BCUT2D eigenvalue weighted by molar-refractivity contribution is 7.17. The van der Waals surface area contributed by atoms with Crippen molar-refractivity contribution in [3.63, 3.8) is 0 Å². The van der Waals surface area contributed by atoms with Gasteiger partial charge >= 0.3 is 0 Å². The maximum atomic E-state index is 5.59. The summed E-state index contributed by atoms with van der Waals surface area (Å²) in [5, 5.41) is 10.6. The van der Waals surface area contributed by atoms with Crippen molar-refractivity contribution >= 4 is 27.4 Å². The minimum absolute atomic E-state index is 0.464. The number of aromatic nitrogens is 2. The fourth-order valence-corrected chi connectivity index (χ4v) is 3.07. The van der Waals surface area contributed by atoms with Gasteiger partial charge in [-0.2, -0.15) is 5.11 Å². The number of hydrogen-bond acceptors (Lipinski definition) is 6. The van der Waals surface area contributed by atoms with Crippen molar-refractivity contribution in [2.24, 2.45) is 10.2 Å². The van der Waals surface area contributed by atoms with Crippen LogP contribution in [0.1, 0.15) is 18.1 Å². The van der Waals surface area contributed by atoms with Crippen molar-refractivity contribution in [3.8, 4) is 5.75 Å². The molecule has 6 heteroatoms. The van der Waals surface area contributed by atoms with E-state index in [4.69, 9.17) is 4.74 Å². The first kappa shape index (κ1) is 14.6. The maximum Gasteiger partial charge on any atom is 0.195 e. The fraction of sp³-hybridized carbons (Fsp3) is 0.250. The zero-order valence-electron chi connectivity index (χ0n) is 12.5. The molecule has 0 aliphatic carbocycles. The Labute approximate surface area is 132 Å². The van der Waals surface area contributed by atoms with Gasteiger partial charge in [-0.1, -0.05) is 18.2 Å². The van der Waals surface area contributed by atoms with E-state index >= 15 is 0 Å². The zero-order chi connectivity index (χ0) is 15.4. The molecule has 5 nitrogen and oxygen atoms in total. The van der Waals surface area contributed by atoms with Crippen LogP contribution in [-0.4, -0.2) is 16.6 Å². The van der Waals surface area contributed by atoms with E-state index in [1.165, 1.54) is 6.33 Å². The quantitative estimate of drug-likeness (QED) is 0.642. The molecule has 22 heavy (non-hydrogen) atoms. The third-order valence-electron chi connectivity index (χ3n) is 3.19. The Morgan fingerprint density at radius 3 is 2.95 bits per heavy atom. The third-order valence-corrected chi connectivity index (χ3v) is 4.27. The van der Waals surface area contributed by atoms with E-state index in [2.05, 4.69) is 25.6 Å². The van der Waals surface area contributed by atoms with Gasteiger partial charge < -0.3 is 4.74 Å². The number of thiophene rings is 1. The van der Waals surface area contributed by atoms with Crippen LogP contribution in [-0.2, 0) is 6.54 Å². The van der Waals surface area contributed by atoms with Crippen LogP contribution in [0.4, 0.5) is 5.82 Å². The van der Waals surface area contributed by atoms with E-state index in [9.17, 15) is 0 Å². The van der Waals surface area contributed by atoms with Crippen molar-refractivity contribution in [1.82, 2.24) is 9.97 Å². The number of benzene rings is 1. The highest BCUT2D eigenvalue weighted by atomic mass is 32.1. The Morgan fingerprint density at radius 1 is 1.23 bits per heavy atom. The van der Waals surface area contributed by atoms with Gasteiger partial charge in [-0.15, -0.1) is 16.5 Å². The second-order valence-electron chi connectivity index (χ2n) is 4.73. The monoisotopic (exact) mass is 312 g/mol. The van der Waals surface area contributed by atoms with Gasteiger partial charge in [0.05, 0.1) is 23.4 Å². The van der Waals surface area contributed by atoms with Crippen LogP contribution in [0.3, 0.4) is 0 Å². The number of ether oxygens (including phenoxy) is 1. The molecule has 0 saturated carbocycles. The van der Waals surface area contributed by atoms with Gasteiger partial charge in [0, 0.05) is 5.56 Å². The lowest BCUT2D eigenvalue weighted by Crippen LogP contribution is -1.95. The summed E-state index contributed by atoms with van der Waals surface area (Å²) >= 11 is 1.59. The Kier molecular flexibility index (Phi) is 4.39. The molecule has 1 aromatic carbocycles. The predicted octanol–water partition coefficient (Wildman–Crippen LogP) is 4.68. The van der Waals surface area contributed by atoms with Crippen molar-refractivity contribution in [3.05, 3.63) is 47.1 Å². The van der Waals surface area contributed by atoms with Crippen LogP contribution in [0.25, 0.3) is 10.2 Å². The first-order valence-electron chi connectivity index (χ1n) is 7.06. The molecule has 0 radical (unpaired) electrons. The van der Waals surface area contributed by atoms with Crippen LogP contribution in [0, 0.1) is 6.92 Å². The third kappa shape index (κ3) is 2.96. The summed E-state index contributed by atoms with van der Waals surface area (Å²) in [7, 11) is 0. The van der Waals surface area contributed by atoms with Crippen molar-refractivity contribution < 1.29 is 4.74 Å². The van der Waals surface area contributed by atoms with Gasteiger partial charge in [-0.05, 0) is 30.9 Å². The van der Waals surface area contributed by atoms with Crippen LogP contribution in [0.2, 0.25) is 0 Å². The first-order chi connectivity index (χ1) is 10.8. The molecule has 0 N–H and O–H groups in total. The Balaban J connectivity index is 1.82. The SMILES string of the molecule is CCOc1ccccc1CN=Nc1ncnc2c(C)csc12. The topological polar surface area (TPSA) is 59.7 Å². The molecule has 0 aliphatic heterocycles. The lowest BCUT2D eigenvalue weighted by atomic mass is 10.2. The summed E-state index contributed by atoms with van der Waals surface area (Å²) in [4.78, 5) is 8.50. The number of aryl methyl sites for hydroxylation is 1. The summed E-state index contributed by atoms with van der Waals surface area (Å²) in [5.74, 6) is 1.47. The normalized spacial score (nSPS) is 11.4. The molecular formula is C16H16N4OS. The smallest absolute Gasteiger partial charge is 0.195 e.